The third-order valence-electron chi connectivity index (χ3n) is 3.31. The molecule has 1 N–H and O–H groups in total. The number of rotatable bonds is 5. The Morgan fingerprint density at radius 1 is 1.06 bits per heavy atom. The molecule has 0 fully saturated rings. The standard InChI is InChI=1S/C16H20FN/c1-3-7-16(18-4-2)14-10-11-15(17)13-9-6-5-8-12(13)14/h5-6,8-11,16,18H,3-4,7H2,1-2H3. The maximum absolute atomic E-state index is 13.8. The SMILES string of the molecule is CCCC(NCC)c1ccc(F)c2ccccc12. The number of nitrogens with one attached hydrogen (secondary N) is 1. The van der Waals surface area contributed by atoms with Gasteiger partial charge in [-0.25, -0.2) is 4.39 Å². The molecule has 0 saturated heterocycles. The van der Waals surface area contributed by atoms with Crippen molar-refractivity contribution in [2.45, 2.75) is 32.7 Å². The Morgan fingerprint density at radius 3 is 2.44 bits per heavy atom. The number of hydrogen-bond donors (Lipinski definition) is 1. The lowest BCUT2D eigenvalue weighted by Gasteiger charge is -2.19. The maximum atomic E-state index is 13.8. The fourth-order valence-electron chi connectivity index (χ4n) is 2.49. The highest BCUT2D eigenvalue weighted by atomic mass is 19.1. The van der Waals surface area contributed by atoms with E-state index in [4.69, 9.17) is 0 Å². The van der Waals surface area contributed by atoms with Crippen LogP contribution in [0.25, 0.3) is 10.8 Å². The molecule has 0 spiro atoms. The van der Waals surface area contributed by atoms with Gasteiger partial charge in [-0.05, 0) is 30.0 Å². The van der Waals surface area contributed by atoms with Crippen molar-refractivity contribution >= 4 is 10.8 Å². The smallest absolute Gasteiger partial charge is 0.131 e. The molecule has 0 aliphatic heterocycles. The first kappa shape index (κ1) is 13.0. The Kier molecular flexibility index (Phi) is 4.32. The topological polar surface area (TPSA) is 12.0 Å². The second kappa shape index (κ2) is 5.96. The van der Waals surface area contributed by atoms with E-state index in [9.17, 15) is 4.39 Å². The van der Waals surface area contributed by atoms with Gasteiger partial charge in [-0.15, -0.1) is 0 Å². The van der Waals surface area contributed by atoms with Crippen LogP contribution in [0.2, 0.25) is 0 Å². The summed E-state index contributed by atoms with van der Waals surface area (Å²) in [5.74, 6) is -0.138. The van der Waals surface area contributed by atoms with E-state index in [1.165, 1.54) is 5.56 Å². The van der Waals surface area contributed by atoms with Gasteiger partial charge in [0.15, 0.2) is 0 Å². The molecular weight excluding hydrogens is 225 g/mol. The average molecular weight is 245 g/mol. The van der Waals surface area contributed by atoms with Crippen LogP contribution in [0.3, 0.4) is 0 Å². The van der Waals surface area contributed by atoms with Crippen LogP contribution < -0.4 is 5.32 Å². The summed E-state index contributed by atoms with van der Waals surface area (Å²) >= 11 is 0. The Labute approximate surface area is 108 Å². The number of fused-ring (bicyclic) bond motifs is 1. The van der Waals surface area contributed by atoms with Crippen molar-refractivity contribution in [3.8, 4) is 0 Å². The first-order valence-electron chi connectivity index (χ1n) is 6.68. The second-order valence-corrected chi connectivity index (χ2v) is 4.58. The fourth-order valence-corrected chi connectivity index (χ4v) is 2.49. The molecule has 0 radical (unpaired) electrons. The molecule has 0 bridgehead atoms. The van der Waals surface area contributed by atoms with E-state index in [2.05, 4.69) is 19.2 Å². The van der Waals surface area contributed by atoms with Crippen LogP contribution in [0, 0.1) is 5.82 Å². The first-order valence-corrected chi connectivity index (χ1v) is 6.68. The van der Waals surface area contributed by atoms with Crippen molar-refractivity contribution in [3.63, 3.8) is 0 Å². The zero-order valence-corrected chi connectivity index (χ0v) is 11.0. The first-order chi connectivity index (χ1) is 8.77. The summed E-state index contributed by atoms with van der Waals surface area (Å²) < 4.78 is 13.8. The molecule has 18 heavy (non-hydrogen) atoms. The van der Waals surface area contributed by atoms with Crippen molar-refractivity contribution in [1.29, 1.82) is 0 Å². The van der Waals surface area contributed by atoms with Crippen LogP contribution in [0.15, 0.2) is 36.4 Å². The van der Waals surface area contributed by atoms with Crippen molar-refractivity contribution < 1.29 is 4.39 Å². The van der Waals surface area contributed by atoms with E-state index in [0.29, 0.717) is 11.4 Å². The lowest BCUT2D eigenvalue weighted by molar-refractivity contribution is 0.511. The van der Waals surface area contributed by atoms with Gasteiger partial charge in [0.2, 0.25) is 0 Å². The van der Waals surface area contributed by atoms with Crippen LogP contribution >= 0.6 is 0 Å². The predicted octanol–water partition coefficient (Wildman–Crippen LogP) is 4.43. The van der Waals surface area contributed by atoms with Crippen LogP contribution in [-0.2, 0) is 0 Å². The molecular formula is C16H20FN. The summed E-state index contributed by atoms with van der Waals surface area (Å²) in [5, 5.41) is 5.23. The molecule has 0 amide bonds. The Bertz CT molecular complexity index is 515. The van der Waals surface area contributed by atoms with Crippen molar-refractivity contribution in [3.05, 3.63) is 47.8 Å². The van der Waals surface area contributed by atoms with E-state index in [1.54, 1.807) is 6.07 Å². The summed E-state index contributed by atoms with van der Waals surface area (Å²) in [6.45, 7) is 5.21. The monoisotopic (exact) mass is 245 g/mol. The number of hydrogen-bond acceptors (Lipinski definition) is 1. The van der Waals surface area contributed by atoms with Gasteiger partial charge in [0.05, 0.1) is 0 Å². The summed E-state index contributed by atoms with van der Waals surface area (Å²) in [4.78, 5) is 0. The van der Waals surface area contributed by atoms with E-state index < -0.39 is 0 Å². The normalized spacial score (nSPS) is 12.8. The summed E-state index contributed by atoms with van der Waals surface area (Å²) in [5.41, 5.74) is 1.20. The van der Waals surface area contributed by atoms with Crippen LogP contribution in [-0.4, -0.2) is 6.54 Å². The molecule has 2 rings (SSSR count). The summed E-state index contributed by atoms with van der Waals surface area (Å²) in [6.07, 6.45) is 2.19. The van der Waals surface area contributed by atoms with Gasteiger partial charge >= 0.3 is 0 Å². The van der Waals surface area contributed by atoms with Crippen LogP contribution in [0.1, 0.15) is 38.3 Å². The third kappa shape index (κ3) is 2.54. The largest absolute Gasteiger partial charge is 0.310 e. The molecule has 2 aromatic carbocycles. The average Bonchev–Trinajstić information content (AvgIpc) is 2.39. The lowest BCUT2D eigenvalue weighted by Crippen LogP contribution is -2.21. The number of halogens is 1. The minimum atomic E-state index is -0.138. The van der Waals surface area contributed by atoms with E-state index >= 15 is 0 Å². The molecule has 2 aromatic rings. The Morgan fingerprint density at radius 2 is 1.78 bits per heavy atom. The number of benzene rings is 2. The molecule has 1 unspecified atom stereocenters. The van der Waals surface area contributed by atoms with E-state index in [-0.39, 0.29) is 5.82 Å². The highest BCUT2D eigenvalue weighted by molar-refractivity contribution is 5.86. The Hall–Kier alpha value is -1.41. The minimum Gasteiger partial charge on any atom is -0.310 e. The van der Waals surface area contributed by atoms with Crippen molar-refractivity contribution in [2.75, 3.05) is 6.54 Å². The van der Waals surface area contributed by atoms with E-state index in [0.717, 1.165) is 24.8 Å². The fraction of sp³-hybridized carbons (Fsp3) is 0.375. The Balaban J connectivity index is 2.52. The molecule has 0 aliphatic rings. The van der Waals surface area contributed by atoms with Crippen molar-refractivity contribution in [2.24, 2.45) is 0 Å². The molecule has 0 heterocycles. The van der Waals surface area contributed by atoms with Gasteiger partial charge in [-0.1, -0.05) is 50.6 Å². The quantitative estimate of drug-likeness (QED) is 0.821. The molecule has 0 aliphatic carbocycles. The zero-order valence-electron chi connectivity index (χ0n) is 11.0. The lowest BCUT2D eigenvalue weighted by atomic mass is 9.95. The predicted molar refractivity (Wildman–Crippen MR) is 75.2 cm³/mol. The van der Waals surface area contributed by atoms with Gasteiger partial charge in [-0.3, -0.25) is 0 Å². The molecule has 0 aromatic heterocycles. The van der Waals surface area contributed by atoms with Gasteiger partial charge < -0.3 is 5.32 Å². The molecule has 1 nitrogen and oxygen atoms in total. The highest BCUT2D eigenvalue weighted by Crippen LogP contribution is 2.28. The summed E-state index contributed by atoms with van der Waals surface area (Å²) in [7, 11) is 0. The summed E-state index contributed by atoms with van der Waals surface area (Å²) in [6, 6.07) is 11.5. The van der Waals surface area contributed by atoms with Crippen molar-refractivity contribution in [1.82, 2.24) is 5.32 Å². The molecule has 0 saturated carbocycles. The van der Waals surface area contributed by atoms with Gasteiger partial charge in [-0.2, -0.15) is 0 Å². The van der Waals surface area contributed by atoms with E-state index in [1.807, 2.05) is 30.3 Å². The molecule has 2 heteroatoms. The second-order valence-electron chi connectivity index (χ2n) is 4.58. The molecule has 1 atom stereocenters. The van der Waals surface area contributed by atoms with Gasteiger partial charge in [0.25, 0.3) is 0 Å². The van der Waals surface area contributed by atoms with Crippen LogP contribution in [0.4, 0.5) is 4.39 Å². The van der Waals surface area contributed by atoms with Crippen LogP contribution in [0.5, 0.6) is 0 Å². The van der Waals surface area contributed by atoms with Gasteiger partial charge in [0, 0.05) is 11.4 Å². The maximum Gasteiger partial charge on any atom is 0.131 e. The highest BCUT2D eigenvalue weighted by Gasteiger charge is 2.13. The van der Waals surface area contributed by atoms with Gasteiger partial charge in [0.1, 0.15) is 5.82 Å². The third-order valence-corrected chi connectivity index (χ3v) is 3.31. The molecule has 96 valence electrons. The zero-order chi connectivity index (χ0) is 13.0. The minimum absolute atomic E-state index is 0.138.